The van der Waals surface area contributed by atoms with Crippen molar-refractivity contribution >= 4 is 0 Å². The van der Waals surface area contributed by atoms with E-state index in [4.69, 9.17) is 4.74 Å². The first-order valence-electron chi connectivity index (χ1n) is 5.56. The highest BCUT2D eigenvalue weighted by Crippen LogP contribution is 2.15. The highest BCUT2D eigenvalue weighted by atomic mass is 16.5. The summed E-state index contributed by atoms with van der Waals surface area (Å²) in [4.78, 5) is 2.33. The molecule has 0 aromatic heterocycles. The fourth-order valence-electron chi connectivity index (χ4n) is 1.63. The normalized spacial score (nSPS) is 20.1. The van der Waals surface area contributed by atoms with Crippen LogP contribution in [0.1, 0.15) is 19.8 Å². The zero-order valence-electron chi connectivity index (χ0n) is 9.78. The molecule has 0 radical (unpaired) electrons. The van der Waals surface area contributed by atoms with E-state index in [0.29, 0.717) is 6.10 Å². The molecule has 1 aliphatic rings. The van der Waals surface area contributed by atoms with Crippen LogP contribution >= 0.6 is 0 Å². The van der Waals surface area contributed by atoms with Crippen molar-refractivity contribution in [2.24, 2.45) is 0 Å². The highest BCUT2D eigenvalue weighted by Gasteiger charge is 2.17. The Morgan fingerprint density at radius 3 is 2.60 bits per heavy atom. The van der Waals surface area contributed by atoms with Crippen LogP contribution in [0.2, 0.25) is 0 Å². The van der Waals surface area contributed by atoms with Gasteiger partial charge in [0, 0.05) is 13.1 Å². The number of piperidine rings is 1. The molecule has 2 nitrogen and oxygen atoms in total. The monoisotopic (exact) mass is 207 g/mol. The summed E-state index contributed by atoms with van der Waals surface area (Å²) in [5, 5.41) is 0. The molecule has 2 heteroatoms. The first-order valence-corrected chi connectivity index (χ1v) is 5.56. The molecule has 0 atom stereocenters. The van der Waals surface area contributed by atoms with E-state index in [1.54, 1.807) is 0 Å². The average molecular weight is 207 g/mol. The van der Waals surface area contributed by atoms with Crippen LogP contribution < -0.4 is 0 Å². The smallest absolute Gasteiger partial charge is 0.112 e. The molecule has 0 unspecified atom stereocenters. The summed E-state index contributed by atoms with van der Waals surface area (Å²) in [7, 11) is 2.15. The van der Waals surface area contributed by atoms with Crippen molar-refractivity contribution in [3.05, 3.63) is 36.6 Å². The van der Waals surface area contributed by atoms with E-state index in [-0.39, 0.29) is 0 Å². The molecule has 0 N–H and O–H groups in total. The predicted molar refractivity (Wildman–Crippen MR) is 64.7 cm³/mol. The van der Waals surface area contributed by atoms with E-state index in [1.807, 2.05) is 31.2 Å². The largest absolute Gasteiger partial charge is 0.491 e. The van der Waals surface area contributed by atoms with Crippen LogP contribution in [0.5, 0.6) is 0 Å². The molecule has 1 saturated heterocycles. The van der Waals surface area contributed by atoms with Gasteiger partial charge >= 0.3 is 0 Å². The van der Waals surface area contributed by atoms with Gasteiger partial charge in [0.15, 0.2) is 0 Å². The summed E-state index contributed by atoms with van der Waals surface area (Å²) < 4.78 is 5.74. The molecular weight excluding hydrogens is 186 g/mol. The zero-order chi connectivity index (χ0) is 11.1. The van der Waals surface area contributed by atoms with E-state index < -0.39 is 0 Å². The first-order chi connectivity index (χ1) is 7.22. The number of ether oxygens (including phenoxy) is 1. The minimum Gasteiger partial charge on any atom is -0.491 e. The molecule has 0 aromatic rings. The van der Waals surface area contributed by atoms with Crippen LogP contribution in [-0.4, -0.2) is 31.1 Å². The Balaban J connectivity index is 2.26. The Kier molecular flexibility index (Phi) is 5.19. The van der Waals surface area contributed by atoms with Crippen LogP contribution in [0.3, 0.4) is 0 Å². The maximum absolute atomic E-state index is 5.74. The Bertz CT molecular complexity index is 247. The molecular formula is C13H21NO. The van der Waals surface area contributed by atoms with Gasteiger partial charge in [-0.3, -0.25) is 0 Å². The lowest BCUT2D eigenvalue weighted by molar-refractivity contribution is 0.0649. The number of hydrogen-bond donors (Lipinski definition) is 0. The van der Waals surface area contributed by atoms with Gasteiger partial charge in [0.25, 0.3) is 0 Å². The molecule has 0 saturated carbocycles. The lowest BCUT2D eigenvalue weighted by Gasteiger charge is -2.29. The fraction of sp³-hybridized carbons (Fsp3) is 0.538. The minimum atomic E-state index is 0.351. The van der Waals surface area contributed by atoms with E-state index in [0.717, 1.165) is 31.7 Å². The summed E-state index contributed by atoms with van der Waals surface area (Å²) in [5.41, 5.74) is 0. The molecule has 1 rings (SSSR count). The van der Waals surface area contributed by atoms with Crippen LogP contribution in [-0.2, 0) is 4.74 Å². The SMILES string of the molecule is C=C(/C=C\C=C/C)OC1CCN(C)CC1. The maximum atomic E-state index is 5.74. The molecule has 1 heterocycles. The van der Waals surface area contributed by atoms with E-state index in [9.17, 15) is 0 Å². The van der Waals surface area contributed by atoms with Gasteiger partial charge in [0.2, 0.25) is 0 Å². The Morgan fingerprint density at radius 2 is 2.00 bits per heavy atom. The van der Waals surface area contributed by atoms with Crippen molar-refractivity contribution in [3.8, 4) is 0 Å². The maximum Gasteiger partial charge on any atom is 0.112 e. The van der Waals surface area contributed by atoms with Crippen molar-refractivity contribution in [2.45, 2.75) is 25.9 Å². The molecule has 0 spiro atoms. The molecule has 1 fully saturated rings. The average Bonchev–Trinajstić information content (AvgIpc) is 2.22. The van der Waals surface area contributed by atoms with Gasteiger partial charge in [-0.1, -0.05) is 24.8 Å². The Labute approximate surface area is 92.9 Å². The molecule has 0 aromatic carbocycles. The first kappa shape index (κ1) is 12.1. The van der Waals surface area contributed by atoms with Gasteiger partial charge < -0.3 is 9.64 Å². The van der Waals surface area contributed by atoms with E-state index >= 15 is 0 Å². The second-order valence-electron chi connectivity index (χ2n) is 3.97. The minimum absolute atomic E-state index is 0.351. The van der Waals surface area contributed by atoms with Crippen LogP contribution in [0.15, 0.2) is 36.6 Å². The summed E-state index contributed by atoms with van der Waals surface area (Å²) in [6.45, 7) is 8.12. The van der Waals surface area contributed by atoms with Crippen LogP contribution in [0, 0.1) is 0 Å². The quantitative estimate of drug-likeness (QED) is 0.519. The molecule has 0 aliphatic carbocycles. The third kappa shape index (κ3) is 4.84. The number of rotatable bonds is 4. The number of likely N-dealkylation sites (tertiary alicyclic amines) is 1. The third-order valence-electron chi connectivity index (χ3n) is 2.57. The summed E-state index contributed by atoms with van der Waals surface area (Å²) in [6, 6.07) is 0. The third-order valence-corrected chi connectivity index (χ3v) is 2.57. The van der Waals surface area contributed by atoms with Crippen LogP contribution in [0.4, 0.5) is 0 Å². The van der Waals surface area contributed by atoms with Crippen molar-refractivity contribution in [2.75, 3.05) is 20.1 Å². The van der Waals surface area contributed by atoms with Gasteiger partial charge in [0.1, 0.15) is 11.9 Å². The highest BCUT2D eigenvalue weighted by molar-refractivity contribution is 5.14. The number of allylic oxidation sites excluding steroid dienone is 4. The van der Waals surface area contributed by atoms with Crippen LogP contribution in [0.25, 0.3) is 0 Å². The summed E-state index contributed by atoms with van der Waals surface area (Å²) >= 11 is 0. The lowest BCUT2D eigenvalue weighted by Crippen LogP contribution is -2.33. The molecule has 0 amide bonds. The van der Waals surface area contributed by atoms with Gasteiger partial charge in [0.05, 0.1) is 0 Å². The topological polar surface area (TPSA) is 12.5 Å². The number of nitrogens with zero attached hydrogens (tertiary/aromatic N) is 1. The molecule has 1 aliphatic heterocycles. The fourth-order valence-corrected chi connectivity index (χ4v) is 1.63. The second-order valence-corrected chi connectivity index (χ2v) is 3.97. The predicted octanol–water partition coefficient (Wildman–Crippen LogP) is 2.74. The van der Waals surface area contributed by atoms with Crippen molar-refractivity contribution < 1.29 is 4.74 Å². The van der Waals surface area contributed by atoms with Gasteiger partial charge in [-0.25, -0.2) is 0 Å². The van der Waals surface area contributed by atoms with Crippen molar-refractivity contribution in [1.29, 1.82) is 0 Å². The molecule has 84 valence electrons. The zero-order valence-corrected chi connectivity index (χ0v) is 9.78. The molecule has 0 bridgehead atoms. The lowest BCUT2D eigenvalue weighted by atomic mass is 10.1. The van der Waals surface area contributed by atoms with Crippen molar-refractivity contribution in [3.63, 3.8) is 0 Å². The number of hydrogen-bond acceptors (Lipinski definition) is 2. The summed E-state index contributed by atoms with van der Waals surface area (Å²) in [6.07, 6.45) is 10.4. The van der Waals surface area contributed by atoms with Gasteiger partial charge in [-0.2, -0.15) is 0 Å². The standard InChI is InChI=1S/C13H21NO/c1-4-5-6-7-12(2)15-13-8-10-14(3)11-9-13/h4-7,13H,2,8-11H2,1,3H3/b5-4-,7-6-. The van der Waals surface area contributed by atoms with E-state index in [2.05, 4.69) is 18.5 Å². The van der Waals surface area contributed by atoms with Gasteiger partial charge in [-0.15, -0.1) is 0 Å². The second kappa shape index (κ2) is 6.46. The van der Waals surface area contributed by atoms with E-state index in [1.165, 1.54) is 0 Å². The van der Waals surface area contributed by atoms with Gasteiger partial charge in [-0.05, 0) is 32.9 Å². The Hall–Kier alpha value is -1.02. The van der Waals surface area contributed by atoms with Crippen molar-refractivity contribution in [1.82, 2.24) is 4.90 Å². The molecule has 15 heavy (non-hydrogen) atoms. The summed E-state index contributed by atoms with van der Waals surface area (Å²) in [5.74, 6) is 0.766. The Morgan fingerprint density at radius 1 is 1.33 bits per heavy atom.